The van der Waals surface area contributed by atoms with Gasteiger partial charge in [-0.1, -0.05) is 19.9 Å². The van der Waals surface area contributed by atoms with Crippen LogP contribution >= 0.6 is 0 Å². The molecule has 2 rings (SSSR count). The van der Waals surface area contributed by atoms with Crippen molar-refractivity contribution in [1.82, 2.24) is 10.3 Å². The number of hydrogen-bond acceptors (Lipinski definition) is 3. The van der Waals surface area contributed by atoms with E-state index in [1.165, 1.54) is 12.0 Å². The van der Waals surface area contributed by atoms with Gasteiger partial charge in [0.05, 0.1) is 0 Å². The van der Waals surface area contributed by atoms with Crippen molar-refractivity contribution >= 4 is 5.82 Å². The van der Waals surface area contributed by atoms with Gasteiger partial charge >= 0.3 is 0 Å². The van der Waals surface area contributed by atoms with Crippen LogP contribution in [0.5, 0.6) is 0 Å². The van der Waals surface area contributed by atoms with Gasteiger partial charge in [-0.3, -0.25) is 0 Å². The Kier molecular flexibility index (Phi) is 3.38. The molecule has 0 spiro atoms. The monoisotopic (exact) mass is 233 g/mol. The average molecular weight is 233 g/mol. The number of rotatable bonds is 3. The third-order valence-electron chi connectivity index (χ3n) is 3.69. The second-order valence-corrected chi connectivity index (χ2v) is 5.76. The Bertz CT molecular complexity index is 387. The molecule has 3 heteroatoms. The van der Waals surface area contributed by atoms with Crippen LogP contribution in [0.2, 0.25) is 0 Å². The molecule has 94 valence electrons. The summed E-state index contributed by atoms with van der Waals surface area (Å²) in [5, 5.41) is 3.30. The lowest BCUT2D eigenvalue weighted by Crippen LogP contribution is -2.26. The van der Waals surface area contributed by atoms with Crippen molar-refractivity contribution in [3.8, 4) is 0 Å². The highest BCUT2D eigenvalue weighted by Crippen LogP contribution is 2.34. The van der Waals surface area contributed by atoms with Crippen LogP contribution in [0.3, 0.4) is 0 Å². The summed E-state index contributed by atoms with van der Waals surface area (Å²) in [5.41, 5.74) is 1.71. The Labute approximate surface area is 104 Å². The van der Waals surface area contributed by atoms with Crippen molar-refractivity contribution in [3.63, 3.8) is 0 Å². The van der Waals surface area contributed by atoms with Gasteiger partial charge in [0.25, 0.3) is 0 Å². The van der Waals surface area contributed by atoms with Crippen LogP contribution in [-0.4, -0.2) is 25.1 Å². The molecule has 0 amide bonds. The molecule has 1 unspecified atom stereocenters. The maximum absolute atomic E-state index is 4.58. The first-order chi connectivity index (χ1) is 8.03. The SMILES string of the molecule is CNC(C)c1cccnc1N1CCC(C)(C)C1. The molecule has 1 aromatic heterocycles. The van der Waals surface area contributed by atoms with Crippen molar-refractivity contribution in [3.05, 3.63) is 23.9 Å². The maximum atomic E-state index is 4.58. The smallest absolute Gasteiger partial charge is 0.133 e. The minimum Gasteiger partial charge on any atom is -0.356 e. The minimum absolute atomic E-state index is 0.349. The van der Waals surface area contributed by atoms with Crippen LogP contribution in [0.25, 0.3) is 0 Å². The Balaban J connectivity index is 2.27. The van der Waals surface area contributed by atoms with E-state index >= 15 is 0 Å². The summed E-state index contributed by atoms with van der Waals surface area (Å²) >= 11 is 0. The first-order valence-electron chi connectivity index (χ1n) is 6.41. The van der Waals surface area contributed by atoms with Crippen LogP contribution in [0.15, 0.2) is 18.3 Å². The van der Waals surface area contributed by atoms with Crippen molar-refractivity contribution < 1.29 is 0 Å². The minimum atomic E-state index is 0.349. The second-order valence-electron chi connectivity index (χ2n) is 5.76. The summed E-state index contributed by atoms with van der Waals surface area (Å²) in [6, 6.07) is 4.55. The average Bonchev–Trinajstić information content (AvgIpc) is 2.68. The summed E-state index contributed by atoms with van der Waals surface area (Å²) in [5.74, 6) is 1.15. The fraction of sp³-hybridized carbons (Fsp3) is 0.643. The predicted octanol–water partition coefficient (Wildman–Crippen LogP) is 2.60. The van der Waals surface area contributed by atoms with Crippen molar-refractivity contribution in [2.45, 2.75) is 33.2 Å². The molecule has 1 aromatic rings. The van der Waals surface area contributed by atoms with Gasteiger partial charge in [-0.25, -0.2) is 4.98 Å². The van der Waals surface area contributed by atoms with Crippen LogP contribution in [-0.2, 0) is 0 Å². The molecule has 1 saturated heterocycles. The van der Waals surface area contributed by atoms with E-state index in [9.17, 15) is 0 Å². The predicted molar refractivity (Wildman–Crippen MR) is 72.3 cm³/mol. The highest BCUT2D eigenvalue weighted by atomic mass is 15.2. The zero-order chi connectivity index (χ0) is 12.5. The summed E-state index contributed by atoms with van der Waals surface area (Å²) in [7, 11) is 2.00. The Morgan fingerprint density at radius 3 is 2.82 bits per heavy atom. The summed E-state index contributed by atoms with van der Waals surface area (Å²) < 4.78 is 0. The molecule has 1 aliphatic heterocycles. The summed E-state index contributed by atoms with van der Waals surface area (Å²) in [6.45, 7) is 9.07. The van der Waals surface area contributed by atoms with Gasteiger partial charge in [0.2, 0.25) is 0 Å². The van der Waals surface area contributed by atoms with E-state index in [1.54, 1.807) is 0 Å². The van der Waals surface area contributed by atoms with Crippen LogP contribution in [0, 0.1) is 5.41 Å². The molecule has 17 heavy (non-hydrogen) atoms. The molecule has 3 nitrogen and oxygen atoms in total. The zero-order valence-corrected chi connectivity index (χ0v) is 11.3. The number of pyridine rings is 1. The molecule has 0 saturated carbocycles. The molecule has 1 fully saturated rings. The van der Waals surface area contributed by atoms with E-state index in [1.807, 2.05) is 19.3 Å². The lowest BCUT2D eigenvalue weighted by molar-refractivity contribution is 0.418. The fourth-order valence-corrected chi connectivity index (χ4v) is 2.46. The third kappa shape index (κ3) is 2.60. The topological polar surface area (TPSA) is 28.2 Å². The van der Waals surface area contributed by atoms with Crippen molar-refractivity contribution in [1.29, 1.82) is 0 Å². The van der Waals surface area contributed by atoms with E-state index in [-0.39, 0.29) is 0 Å². The van der Waals surface area contributed by atoms with E-state index in [0.29, 0.717) is 11.5 Å². The van der Waals surface area contributed by atoms with Crippen LogP contribution in [0.1, 0.15) is 38.8 Å². The highest BCUT2D eigenvalue weighted by molar-refractivity contribution is 5.49. The Hall–Kier alpha value is -1.09. The Morgan fingerprint density at radius 2 is 2.24 bits per heavy atom. The maximum Gasteiger partial charge on any atom is 0.133 e. The zero-order valence-electron chi connectivity index (χ0n) is 11.3. The number of hydrogen-bond donors (Lipinski definition) is 1. The first kappa shape index (κ1) is 12.4. The van der Waals surface area contributed by atoms with Crippen molar-refractivity contribution in [2.24, 2.45) is 5.41 Å². The fourth-order valence-electron chi connectivity index (χ4n) is 2.46. The van der Waals surface area contributed by atoms with Gasteiger partial charge in [-0.05, 0) is 31.9 Å². The largest absolute Gasteiger partial charge is 0.356 e. The van der Waals surface area contributed by atoms with E-state index in [4.69, 9.17) is 0 Å². The molecule has 0 radical (unpaired) electrons. The third-order valence-corrected chi connectivity index (χ3v) is 3.69. The molecular formula is C14H23N3. The van der Waals surface area contributed by atoms with Gasteiger partial charge in [0.15, 0.2) is 0 Å². The van der Waals surface area contributed by atoms with Gasteiger partial charge in [0.1, 0.15) is 5.82 Å². The molecule has 0 aliphatic carbocycles. The molecule has 2 heterocycles. The Morgan fingerprint density at radius 1 is 1.47 bits per heavy atom. The first-order valence-corrected chi connectivity index (χ1v) is 6.41. The summed E-state index contributed by atoms with van der Waals surface area (Å²) in [6.07, 6.45) is 3.14. The normalized spacial score (nSPS) is 20.6. The van der Waals surface area contributed by atoms with E-state index < -0.39 is 0 Å². The highest BCUT2D eigenvalue weighted by Gasteiger charge is 2.31. The molecule has 0 aromatic carbocycles. The molecule has 1 aliphatic rings. The number of anilines is 1. The number of nitrogens with zero attached hydrogens (tertiary/aromatic N) is 2. The lowest BCUT2D eigenvalue weighted by atomic mass is 9.93. The van der Waals surface area contributed by atoms with Crippen molar-refractivity contribution in [2.75, 3.05) is 25.0 Å². The quantitative estimate of drug-likeness (QED) is 0.870. The lowest BCUT2D eigenvalue weighted by Gasteiger charge is -2.24. The molecule has 0 bridgehead atoms. The number of aromatic nitrogens is 1. The second kappa shape index (κ2) is 4.65. The van der Waals surface area contributed by atoms with Gasteiger partial charge in [-0.2, -0.15) is 0 Å². The standard InChI is InChI=1S/C14H23N3/c1-11(15-4)12-6-5-8-16-13(12)17-9-7-14(2,3)10-17/h5-6,8,11,15H,7,9-10H2,1-4H3. The van der Waals surface area contributed by atoms with E-state index in [0.717, 1.165) is 18.9 Å². The molecule has 1 atom stereocenters. The van der Waals surface area contributed by atoms with E-state index in [2.05, 4.69) is 42.0 Å². The molecular weight excluding hydrogens is 210 g/mol. The summed E-state index contributed by atoms with van der Waals surface area (Å²) in [4.78, 5) is 7.00. The van der Waals surface area contributed by atoms with Crippen LogP contribution in [0.4, 0.5) is 5.82 Å². The number of nitrogens with one attached hydrogen (secondary N) is 1. The van der Waals surface area contributed by atoms with Gasteiger partial charge in [-0.15, -0.1) is 0 Å². The van der Waals surface area contributed by atoms with Gasteiger partial charge in [0, 0.05) is 30.9 Å². The van der Waals surface area contributed by atoms with Gasteiger partial charge < -0.3 is 10.2 Å². The van der Waals surface area contributed by atoms with Crippen LogP contribution < -0.4 is 10.2 Å². The molecule has 1 N–H and O–H groups in total.